The minimum atomic E-state index is -0.355. The summed E-state index contributed by atoms with van der Waals surface area (Å²) in [6, 6.07) is 15.1. The molecule has 2 aromatic rings. The van der Waals surface area contributed by atoms with Crippen molar-refractivity contribution >= 4 is 35.4 Å². The summed E-state index contributed by atoms with van der Waals surface area (Å²) in [6.07, 6.45) is 6.66. The number of rotatable bonds is 4. The molecule has 44 heavy (non-hydrogen) atoms. The summed E-state index contributed by atoms with van der Waals surface area (Å²) >= 11 is 11.8. The van der Waals surface area contributed by atoms with Crippen LogP contribution in [-0.4, -0.2) is 68.7 Å². The third-order valence-corrected chi connectivity index (χ3v) is 10.6. The predicted octanol–water partition coefficient (Wildman–Crippen LogP) is 7.83. The zero-order valence-corrected chi connectivity index (χ0v) is 27.1. The van der Waals surface area contributed by atoms with Crippen molar-refractivity contribution in [2.24, 2.45) is 0 Å². The van der Waals surface area contributed by atoms with Gasteiger partial charge in [0.1, 0.15) is 11.2 Å². The largest absolute Gasteiger partial charge is 0.443 e. The van der Waals surface area contributed by atoms with Crippen LogP contribution in [0.15, 0.2) is 48.5 Å². The Labute approximate surface area is 270 Å². The van der Waals surface area contributed by atoms with E-state index >= 15 is 0 Å². The molecular formula is C34H44Cl2N2O6. The average molecular weight is 648 g/mol. The summed E-state index contributed by atoms with van der Waals surface area (Å²) in [5.74, 6) is 0. The normalized spacial score (nSPS) is 30.2. The second-order valence-electron chi connectivity index (χ2n) is 12.9. The molecule has 0 radical (unpaired) electrons. The van der Waals surface area contributed by atoms with Gasteiger partial charge in [-0.25, -0.2) is 9.59 Å². The second-order valence-corrected chi connectivity index (χ2v) is 13.8. The Balaban J connectivity index is 0.000000175. The van der Waals surface area contributed by atoms with Crippen LogP contribution in [0.5, 0.6) is 0 Å². The Hall–Kier alpha value is -2.52. The Morgan fingerprint density at radius 1 is 0.636 bits per heavy atom. The molecule has 0 aromatic heterocycles. The molecule has 2 heterocycles. The van der Waals surface area contributed by atoms with Crippen molar-refractivity contribution in [1.82, 2.24) is 9.80 Å². The molecule has 2 atom stereocenters. The number of hydrogen-bond acceptors (Lipinski definition) is 6. The molecule has 2 aliphatic carbocycles. The maximum Gasteiger partial charge on any atom is 0.410 e. The van der Waals surface area contributed by atoms with Crippen LogP contribution in [0.2, 0.25) is 10.0 Å². The summed E-state index contributed by atoms with van der Waals surface area (Å²) in [7, 11) is 0. The molecule has 0 unspecified atom stereocenters. The van der Waals surface area contributed by atoms with Gasteiger partial charge in [0.05, 0.1) is 24.3 Å². The van der Waals surface area contributed by atoms with Crippen molar-refractivity contribution in [2.75, 3.05) is 13.1 Å². The number of halogens is 2. The van der Waals surface area contributed by atoms with Crippen molar-refractivity contribution in [1.29, 1.82) is 0 Å². The third-order valence-electron chi connectivity index (χ3n) is 10.1. The molecule has 2 aromatic carbocycles. The first kappa shape index (κ1) is 32.9. The van der Waals surface area contributed by atoms with E-state index in [-0.39, 0.29) is 47.7 Å². The molecule has 2 spiro atoms. The van der Waals surface area contributed by atoms with Crippen LogP contribution in [0.25, 0.3) is 0 Å². The molecule has 2 saturated carbocycles. The maximum atomic E-state index is 12.4. The van der Waals surface area contributed by atoms with Crippen molar-refractivity contribution in [3.63, 3.8) is 0 Å². The van der Waals surface area contributed by atoms with Crippen LogP contribution in [0, 0.1) is 0 Å². The van der Waals surface area contributed by atoms with Crippen LogP contribution in [0.4, 0.5) is 9.59 Å². The number of ether oxygens (including phenoxy) is 2. The minimum absolute atomic E-state index is 0.0312. The first-order valence-corrected chi connectivity index (χ1v) is 16.6. The standard InChI is InChI=1S/2C17H22ClNO3/c2*1-12(13-2-4-14(18)5-3-13)19-11-10-17(22-16(19)21)8-6-15(20)7-9-17/h2*2-5,12,15,20H,6-11H2,1H3/t2*12-,15?,17?/m00/s1. The van der Waals surface area contributed by atoms with E-state index in [0.717, 1.165) is 75.3 Å². The summed E-state index contributed by atoms with van der Waals surface area (Å²) in [4.78, 5) is 28.4. The zero-order chi connectivity index (χ0) is 31.5. The minimum Gasteiger partial charge on any atom is -0.443 e. The first-order chi connectivity index (χ1) is 21.0. The fourth-order valence-electron chi connectivity index (χ4n) is 6.93. The summed E-state index contributed by atoms with van der Waals surface area (Å²) in [5.41, 5.74) is 1.40. The number of aliphatic hydroxyl groups is 2. The maximum absolute atomic E-state index is 12.4. The van der Waals surface area contributed by atoms with Crippen molar-refractivity contribution in [2.45, 2.75) is 114 Å². The van der Waals surface area contributed by atoms with E-state index in [0.29, 0.717) is 23.1 Å². The highest BCUT2D eigenvalue weighted by Crippen LogP contribution is 2.41. The van der Waals surface area contributed by atoms with Crippen molar-refractivity contribution < 1.29 is 29.3 Å². The molecule has 0 bridgehead atoms. The first-order valence-electron chi connectivity index (χ1n) is 15.8. The lowest BCUT2D eigenvalue weighted by atomic mass is 9.80. The number of benzene rings is 2. The highest BCUT2D eigenvalue weighted by molar-refractivity contribution is 6.30. The van der Waals surface area contributed by atoms with Gasteiger partial charge in [0.25, 0.3) is 0 Å². The molecule has 6 rings (SSSR count). The molecule has 8 nitrogen and oxygen atoms in total. The molecule has 2 aliphatic heterocycles. The van der Waals surface area contributed by atoms with E-state index in [1.807, 2.05) is 62.4 Å². The second kappa shape index (κ2) is 13.9. The molecule has 4 fully saturated rings. The van der Waals surface area contributed by atoms with Gasteiger partial charge in [-0.05, 0) is 101 Å². The van der Waals surface area contributed by atoms with Gasteiger partial charge in [-0.2, -0.15) is 0 Å². The van der Waals surface area contributed by atoms with E-state index in [2.05, 4.69) is 0 Å². The predicted molar refractivity (Wildman–Crippen MR) is 170 cm³/mol. The van der Waals surface area contributed by atoms with Crippen LogP contribution in [0.1, 0.15) is 101 Å². The Kier molecular flexibility index (Phi) is 10.3. The highest BCUT2D eigenvalue weighted by atomic mass is 35.5. The molecule has 240 valence electrons. The summed E-state index contributed by atoms with van der Waals surface area (Å²) in [5, 5.41) is 20.7. The smallest absolute Gasteiger partial charge is 0.410 e. The number of carbonyl (C=O) groups is 2. The molecule has 4 aliphatic rings. The van der Waals surface area contributed by atoms with Gasteiger partial charge < -0.3 is 29.5 Å². The molecule has 2 amide bonds. The Morgan fingerprint density at radius 3 is 1.25 bits per heavy atom. The SMILES string of the molecule is C[C@@H](c1ccc(Cl)cc1)N1CCC2(CCC(O)CC2)OC1=O.C[C@@H](c1ccc(Cl)cc1)N1CCC2(CCC(O)CC2)OC1=O. The fourth-order valence-corrected chi connectivity index (χ4v) is 7.18. The van der Waals surface area contributed by atoms with Gasteiger partial charge in [0, 0.05) is 36.0 Å². The topological polar surface area (TPSA) is 99.5 Å². The van der Waals surface area contributed by atoms with Gasteiger partial charge in [0.15, 0.2) is 0 Å². The van der Waals surface area contributed by atoms with E-state index in [9.17, 15) is 19.8 Å². The van der Waals surface area contributed by atoms with Crippen molar-refractivity contribution in [3.05, 3.63) is 69.7 Å². The van der Waals surface area contributed by atoms with Gasteiger partial charge in [-0.15, -0.1) is 0 Å². The van der Waals surface area contributed by atoms with Gasteiger partial charge in [-0.3, -0.25) is 0 Å². The van der Waals surface area contributed by atoms with Crippen LogP contribution in [0.3, 0.4) is 0 Å². The van der Waals surface area contributed by atoms with Crippen molar-refractivity contribution in [3.8, 4) is 0 Å². The van der Waals surface area contributed by atoms with Crippen LogP contribution in [-0.2, 0) is 9.47 Å². The van der Waals surface area contributed by atoms with Gasteiger partial charge >= 0.3 is 12.2 Å². The molecular weight excluding hydrogens is 603 g/mol. The average Bonchev–Trinajstić information content (AvgIpc) is 3.01. The fraction of sp³-hybridized carbons (Fsp3) is 0.588. The summed E-state index contributed by atoms with van der Waals surface area (Å²) in [6.45, 7) is 5.40. The van der Waals surface area contributed by atoms with Gasteiger partial charge in [0.2, 0.25) is 0 Å². The Morgan fingerprint density at radius 2 is 0.955 bits per heavy atom. The van der Waals surface area contributed by atoms with E-state index in [1.54, 1.807) is 9.80 Å². The van der Waals surface area contributed by atoms with Crippen LogP contribution >= 0.6 is 23.2 Å². The monoisotopic (exact) mass is 646 g/mol. The number of hydrogen-bond donors (Lipinski definition) is 2. The van der Waals surface area contributed by atoms with E-state index in [1.165, 1.54) is 0 Å². The van der Waals surface area contributed by atoms with E-state index in [4.69, 9.17) is 32.7 Å². The quantitative estimate of drug-likeness (QED) is 0.351. The van der Waals surface area contributed by atoms with Crippen LogP contribution < -0.4 is 0 Å². The van der Waals surface area contributed by atoms with E-state index < -0.39 is 0 Å². The summed E-state index contributed by atoms with van der Waals surface area (Å²) < 4.78 is 11.6. The number of aliphatic hydroxyl groups excluding tert-OH is 2. The zero-order valence-electron chi connectivity index (χ0n) is 25.6. The Bertz CT molecular complexity index is 1170. The lowest BCUT2D eigenvalue weighted by Gasteiger charge is -2.45. The number of carbonyl (C=O) groups excluding carboxylic acids is 2. The number of amides is 2. The molecule has 2 saturated heterocycles. The third kappa shape index (κ3) is 7.64. The number of nitrogens with zero attached hydrogens (tertiary/aromatic N) is 2. The molecule has 10 heteroatoms. The lowest BCUT2D eigenvalue weighted by molar-refractivity contribution is -0.0911. The highest BCUT2D eigenvalue weighted by Gasteiger charge is 2.45. The lowest BCUT2D eigenvalue weighted by Crippen LogP contribution is -2.52. The molecule has 2 N–H and O–H groups in total. The van der Waals surface area contributed by atoms with Gasteiger partial charge in [-0.1, -0.05) is 47.5 Å².